The normalized spacial score (nSPS) is 10.7. The lowest BCUT2D eigenvalue weighted by molar-refractivity contribution is 0.291. The third-order valence-electron chi connectivity index (χ3n) is 2.56. The predicted octanol–water partition coefficient (Wildman–Crippen LogP) is 1.33. The van der Waals surface area contributed by atoms with Crippen LogP contribution in [0, 0.1) is 0 Å². The molecule has 0 atom stereocenters. The molecule has 0 spiro atoms. The Balaban J connectivity index is 2.32. The first-order chi connectivity index (χ1) is 8.35. The first kappa shape index (κ1) is 11.8. The third kappa shape index (κ3) is 2.72. The van der Waals surface area contributed by atoms with E-state index in [2.05, 4.69) is 16.4 Å². The molecular weight excluding hydrogens is 216 g/mol. The van der Waals surface area contributed by atoms with Gasteiger partial charge in [0.15, 0.2) is 0 Å². The molecule has 90 valence electrons. The molecule has 0 fully saturated rings. The first-order valence-electron chi connectivity index (χ1n) is 5.59. The zero-order valence-electron chi connectivity index (χ0n) is 9.81. The van der Waals surface area contributed by atoms with Gasteiger partial charge >= 0.3 is 0 Å². The number of methoxy groups -OCH3 is 1. The maximum atomic E-state index is 8.73. The molecule has 0 unspecified atom stereocenters. The Morgan fingerprint density at radius 2 is 2.18 bits per heavy atom. The summed E-state index contributed by atoms with van der Waals surface area (Å²) in [5.74, 6) is 0.633. The number of benzene rings is 1. The Bertz CT molecular complexity index is 500. The fraction of sp³-hybridized carbons (Fsp3) is 0.308. The van der Waals surface area contributed by atoms with E-state index in [0.717, 1.165) is 16.5 Å². The van der Waals surface area contributed by atoms with Crippen molar-refractivity contribution in [3.63, 3.8) is 0 Å². The van der Waals surface area contributed by atoms with Crippen molar-refractivity contribution < 1.29 is 9.84 Å². The number of aliphatic hydroxyl groups excluding tert-OH is 1. The molecule has 2 N–H and O–H groups in total. The number of pyridine rings is 1. The molecule has 0 saturated heterocycles. The summed E-state index contributed by atoms with van der Waals surface area (Å²) in [5.41, 5.74) is 1.93. The highest BCUT2D eigenvalue weighted by atomic mass is 16.5. The number of hydrogen-bond acceptors (Lipinski definition) is 4. The molecule has 0 aliphatic carbocycles. The van der Waals surface area contributed by atoms with Crippen LogP contribution in [0.3, 0.4) is 0 Å². The number of nitrogens with zero attached hydrogens (tertiary/aromatic N) is 1. The molecule has 0 aliphatic heterocycles. The summed E-state index contributed by atoms with van der Waals surface area (Å²) >= 11 is 0. The molecule has 0 radical (unpaired) electrons. The molecular formula is C13H16N2O2. The van der Waals surface area contributed by atoms with Gasteiger partial charge in [0, 0.05) is 24.0 Å². The highest BCUT2D eigenvalue weighted by Gasteiger charge is 2.06. The second kappa shape index (κ2) is 5.61. The minimum atomic E-state index is 0.128. The van der Waals surface area contributed by atoms with E-state index in [1.165, 1.54) is 0 Å². The van der Waals surface area contributed by atoms with Crippen molar-refractivity contribution in [2.45, 2.75) is 6.54 Å². The monoisotopic (exact) mass is 232 g/mol. The molecule has 1 heterocycles. The lowest BCUT2D eigenvalue weighted by Gasteiger charge is -2.09. The van der Waals surface area contributed by atoms with Crippen molar-refractivity contribution in [3.8, 4) is 5.88 Å². The van der Waals surface area contributed by atoms with Crippen LogP contribution in [0.1, 0.15) is 5.56 Å². The van der Waals surface area contributed by atoms with Crippen LogP contribution in [-0.4, -0.2) is 30.4 Å². The number of aromatic nitrogens is 1. The number of para-hydroxylation sites is 1. The number of rotatable bonds is 5. The molecule has 4 nitrogen and oxygen atoms in total. The summed E-state index contributed by atoms with van der Waals surface area (Å²) in [6.07, 6.45) is 0. The van der Waals surface area contributed by atoms with Crippen LogP contribution < -0.4 is 10.1 Å². The fourth-order valence-corrected chi connectivity index (χ4v) is 1.75. The van der Waals surface area contributed by atoms with E-state index in [0.29, 0.717) is 19.0 Å². The smallest absolute Gasteiger partial charge is 0.218 e. The summed E-state index contributed by atoms with van der Waals surface area (Å²) in [6, 6.07) is 9.99. The van der Waals surface area contributed by atoms with Gasteiger partial charge in [0.2, 0.25) is 5.88 Å². The molecule has 0 saturated carbocycles. The number of ether oxygens (including phenoxy) is 1. The van der Waals surface area contributed by atoms with Gasteiger partial charge in [-0.2, -0.15) is 0 Å². The molecule has 0 bridgehead atoms. The maximum absolute atomic E-state index is 8.73. The molecule has 1 aromatic carbocycles. The van der Waals surface area contributed by atoms with Crippen molar-refractivity contribution >= 4 is 10.9 Å². The molecule has 0 amide bonds. The van der Waals surface area contributed by atoms with Gasteiger partial charge in [-0.25, -0.2) is 4.98 Å². The van der Waals surface area contributed by atoms with E-state index in [9.17, 15) is 0 Å². The summed E-state index contributed by atoms with van der Waals surface area (Å²) in [5, 5.41) is 12.9. The van der Waals surface area contributed by atoms with E-state index in [1.807, 2.05) is 24.3 Å². The Labute approximate surface area is 100 Å². The van der Waals surface area contributed by atoms with Crippen molar-refractivity contribution in [1.82, 2.24) is 10.3 Å². The quantitative estimate of drug-likeness (QED) is 0.763. The second-order valence-electron chi connectivity index (χ2n) is 3.75. The highest BCUT2D eigenvalue weighted by Crippen LogP contribution is 2.21. The number of nitrogens with one attached hydrogen (secondary N) is 1. The first-order valence-corrected chi connectivity index (χ1v) is 5.59. The summed E-state index contributed by atoms with van der Waals surface area (Å²) in [4.78, 5) is 4.45. The molecule has 1 aromatic heterocycles. The average Bonchev–Trinajstić information content (AvgIpc) is 2.38. The Morgan fingerprint density at radius 1 is 1.35 bits per heavy atom. The van der Waals surface area contributed by atoms with Gasteiger partial charge in [-0.1, -0.05) is 18.2 Å². The molecule has 2 rings (SSSR count). The largest absolute Gasteiger partial charge is 0.481 e. The van der Waals surface area contributed by atoms with Crippen LogP contribution >= 0.6 is 0 Å². The minimum absolute atomic E-state index is 0.128. The van der Waals surface area contributed by atoms with Gasteiger partial charge in [-0.05, 0) is 12.1 Å². The van der Waals surface area contributed by atoms with Crippen molar-refractivity contribution in [1.29, 1.82) is 0 Å². The van der Waals surface area contributed by atoms with Gasteiger partial charge in [0.1, 0.15) is 0 Å². The Morgan fingerprint density at radius 3 is 2.94 bits per heavy atom. The maximum Gasteiger partial charge on any atom is 0.218 e. The lowest BCUT2D eigenvalue weighted by atomic mass is 10.1. The van der Waals surface area contributed by atoms with E-state index in [-0.39, 0.29) is 6.61 Å². The van der Waals surface area contributed by atoms with Crippen LogP contribution in [0.2, 0.25) is 0 Å². The second-order valence-corrected chi connectivity index (χ2v) is 3.75. The fourth-order valence-electron chi connectivity index (χ4n) is 1.75. The molecule has 4 heteroatoms. The Hall–Kier alpha value is -1.65. The van der Waals surface area contributed by atoms with E-state index in [1.54, 1.807) is 7.11 Å². The zero-order chi connectivity index (χ0) is 12.1. The summed E-state index contributed by atoms with van der Waals surface area (Å²) in [6.45, 7) is 1.33. The summed E-state index contributed by atoms with van der Waals surface area (Å²) < 4.78 is 5.27. The predicted molar refractivity (Wildman–Crippen MR) is 67.1 cm³/mol. The SMILES string of the molecule is COc1nc2ccccc2cc1CNCCO. The van der Waals surface area contributed by atoms with Crippen LogP contribution in [0.25, 0.3) is 10.9 Å². The van der Waals surface area contributed by atoms with Crippen molar-refractivity contribution in [3.05, 3.63) is 35.9 Å². The molecule has 17 heavy (non-hydrogen) atoms. The van der Waals surface area contributed by atoms with Crippen molar-refractivity contribution in [2.75, 3.05) is 20.3 Å². The van der Waals surface area contributed by atoms with Gasteiger partial charge < -0.3 is 15.2 Å². The minimum Gasteiger partial charge on any atom is -0.481 e. The van der Waals surface area contributed by atoms with Crippen LogP contribution in [0.4, 0.5) is 0 Å². The van der Waals surface area contributed by atoms with Crippen LogP contribution in [0.5, 0.6) is 5.88 Å². The number of hydrogen-bond donors (Lipinski definition) is 2. The topological polar surface area (TPSA) is 54.4 Å². The zero-order valence-corrected chi connectivity index (χ0v) is 9.81. The van der Waals surface area contributed by atoms with Gasteiger partial charge in [0.25, 0.3) is 0 Å². The van der Waals surface area contributed by atoms with Gasteiger partial charge in [0.05, 0.1) is 19.2 Å². The van der Waals surface area contributed by atoms with Gasteiger partial charge in [-0.15, -0.1) is 0 Å². The third-order valence-corrected chi connectivity index (χ3v) is 2.56. The van der Waals surface area contributed by atoms with Crippen LogP contribution in [0.15, 0.2) is 30.3 Å². The van der Waals surface area contributed by atoms with E-state index < -0.39 is 0 Å². The lowest BCUT2D eigenvalue weighted by Crippen LogP contribution is -2.18. The Kier molecular flexibility index (Phi) is 3.90. The molecule has 0 aliphatic rings. The number of aliphatic hydroxyl groups is 1. The molecule has 2 aromatic rings. The van der Waals surface area contributed by atoms with E-state index in [4.69, 9.17) is 9.84 Å². The van der Waals surface area contributed by atoms with Crippen molar-refractivity contribution in [2.24, 2.45) is 0 Å². The standard InChI is InChI=1S/C13H16N2O2/c1-17-13-11(9-14-6-7-16)8-10-4-2-3-5-12(10)15-13/h2-5,8,14,16H,6-7,9H2,1H3. The van der Waals surface area contributed by atoms with E-state index >= 15 is 0 Å². The summed E-state index contributed by atoms with van der Waals surface area (Å²) in [7, 11) is 1.62. The average molecular weight is 232 g/mol. The van der Waals surface area contributed by atoms with Crippen LogP contribution in [-0.2, 0) is 6.54 Å². The highest BCUT2D eigenvalue weighted by molar-refractivity contribution is 5.80. The number of fused-ring (bicyclic) bond motifs is 1. The van der Waals surface area contributed by atoms with Gasteiger partial charge in [-0.3, -0.25) is 0 Å².